The molecule has 2 N–H and O–H groups in total. The summed E-state index contributed by atoms with van der Waals surface area (Å²) in [5.41, 5.74) is 2.27. The highest BCUT2D eigenvalue weighted by molar-refractivity contribution is 6.09. The Balaban J connectivity index is 2.21. The largest absolute Gasteiger partial charge is 0.508 e. The number of hydrogen-bond acceptors (Lipinski definition) is 3. The van der Waals surface area contributed by atoms with E-state index in [-0.39, 0.29) is 11.3 Å². The molecule has 4 nitrogen and oxygen atoms in total. The molecule has 0 saturated carbocycles. The van der Waals surface area contributed by atoms with Crippen LogP contribution in [0.2, 0.25) is 0 Å². The highest BCUT2D eigenvalue weighted by atomic mass is 16.3. The van der Waals surface area contributed by atoms with Crippen LogP contribution in [0.3, 0.4) is 0 Å². The van der Waals surface area contributed by atoms with Crippen LogP contribution in [0.4, 0.5) is 5.69 Å². The molecule has 0 saturated heterocycles. The number of rotatable bonds is 3. The van der Waals surface area contributed by atoms with Gasteiger partial charge in [0.25, 0.3) is 5.91 Å². The van der Waals surface area contributed by atoms with E-state index in [2.05, 4.69) is 5.32 Å². The van der Waals surface area contributed by atoms with Crippen LogP contribution in [-0.4, -0.2) is 11.0 Å². The van der Waals surface area contributed by atoms with Gasteiger partial charge in [-0.3, -0.25) is 4.79 Å². The number of carbonyl (C=O) groups is 1. The van der Waals surface area contributed by atoms with Crippen molar-refractivity contribution < 1.29 is 9.90 Å². The number of nitriles is 1. The van der Waals surface area contributed by atoms with Crippen molar-refractivity contribution >= 4 is 17.7 Å². The lowest BCUT2D eigenvalue weighted by molar-refractivity contribution is -0.112. The number of amides is 1. The number of aromatic hydroxyl groups is 1. The predicted octanol–water partition coefficient (Wildman–Crippen LogP) is 3.25. The van der Waals surface area contributed by atoms with Crippen molar-refractivity contribution in [3.05, 3.63) is 65.2 Å². The molecule has 2 aromatic carbocycles. The van der Waals surface area contributed by atoms with E-state index in [1.807, 2.05) is 31.2 Å². The Morgan fingerprint density at radius 2 is 1.86 bits per heavy atom. The van der Waals surface area contributed by atoms with Gasteiger partial charge in [-0.2, -0.15) is 5.26 Å². The van der Waals surface area contributed by atoms with Crippen LogP contribution in [-0.2, 0) is 4.79 Å². The Hall–Kier alpha value is -3.06. The third kappa shape index (κ3) is 3.71. The van der Waals surface area contributed by atoms with Crippen molar-refractivity contribution in [1.82, 2.24) is 0 Å². The fourth-order valence-electron chi connectivity index (χ4n) is 1.79. The number of hydrogen-bond donors (Lipinski definition) is 2. The zero-order valence-electron chi connectivity index (χ0n) is 11.5. The van der Waals surface area contributed by atoms with Crippen molar-refractivity contribution in [2.75, 3.05) is 5.32 Å². The van der Waals surface area contributed by atoms with Crippen LogP contribution in [0.1, 0.15) is 11.1 Å². The standard InChI is InChI=1S/C17H14N2O2/c1-12-4-2-3-5-16(12)19-17(21)14(11-18)10-13-6-8-15(20)9-7-13/h2-10,20H,1H3,(H,19,21). The number of phenolic OH excluding ortho intramolecular Hbond substituents is 1. The second-order valence-electron chi connectivity index (χ2n) is 4.53. The summed E-state index contributed by atoms with van der Waals surface area (Å²) in [7, 11) is 0. The first-order valence-electron chi connectivity index (χ1n) is 6.38. The van der Waals surface area contributed by atoms with Gasteiger partial charge in [0.1, 0.15) is 17.4 Å². The summed E-state index contributed by atoms with van der Waals surface area (Å²) in [6, 6.07) is 15.5. The van der Waals surface area contributed by atoms with Gasteiger partial charge in [-0.15, -0.1) is 0 Å². The lowest BCUT2D eigenvalue weighted by Crippen LogP contribution is -2.14. The van der Waals surface area contributed by atoms with Gasteiger partial charge in [0.05, 0.1) is 0 Å². The van der Waals surface area contributed by atoms with E-state index in [1.165, 1.54) is 18.2 Å². The second-order valence-corrected chi connectivity index (χ2v) is 4.53. The molecule has 2 aromatic rings. The first-order valence-corrected chi connectivity index (χ1v) is 6.38. The van der Waals surface area contributed by atoms with E-state index in [4.69, 9.17) is 5.26 Å². The molecule has 0 aromatic heterocycles. The van der Waals surface area contributed by atoms with Gasteiger partial charge in [0.2, 0.25) is 0 Å². The quantitative estimate of drug-likeness (QED) is 0.668. The van der Waals surface area contributed by atoms with Gasteiger partial charge >= 0.3 is 0 Å². The molecule has 4 heteroatoms. The van der Waals surface area contributed by atoms with Gasteiger partial charge in [0, 0.05) is 5.69 Å². The molecule has 1 amide bonds. The van der Waals surface area contributed by atoms with Crippen LogP contribution in [0.25, 0.3) is 6.08 Å². The van der Waals surface area contributed by atoms with Crippen molar-refractivity contribution in [1.29, 1.82) is 5.26 Å². The van der Waals surface area contributed by atoms with E-state index in [9.17, 15) is 9.90 Å². The normalized spacial score (nSPS) is 10.8. The molecular weight excluding hydrogens is 264 g/mol. The van der Waals surface area contributed by atoms with Crippen molar-refractivity contribution in [2.45, 2.75) is 6.92 Å². The Bertz CT molecular complexity index is 725. The summed E-state index contributed by atoms with van der Waals surface area (Å²) in [6.07, 6.45) is 1.48. The third-order valence-electron chi connectivity index (χ3n) is 2.96. The number of benzene rings is 2. The third-order valence-corrected chi connectivity index (χ3v) is 2.96. The van der Waals surface area contributed by atoms with Crippen LogP contribution < -0.4 is 5.32 Å². The number of para-hydroxylation sites is 1. The van der Waals surface area contributed by atoms with Gasteiger partial charge in [-0.25, -0.2) is 0 Å². The van der Waals surface area contributed by atoms with Gasteiger partial charge in [-0.05, 0) is 42.3 Å². The number of anilines is 1. The Labute approximate surface area is 123 Å². The average molecular weight is 278 g/mol. The maximum absolute atomic E-state index is 12.1. The minimum Gasteiger partial charge on any atom is -0.508 e. The van der Waals surface area contributed by atoms with E-state index in [1.54, 1.807) is 18.2 Å². The molecule has 0 radical (unpaired) electrons. The number of nitrogens with one attached hydrogen (secondary N) is 1. The molecule has 0 unspecified atom stereocenters. The first-order chi connectivity index (χ1) is 10.1. The minimum atomic E-state index is -0.458. The van der Waals surface area contributed by atoms with Gasteiger partial charge in [0.15, 0.2) is 0 Å². The summed E-state index contributed by atoms with van der Waals surface area (Å²) in [5, 5.41) is 21.1. The molecule has 21 heavy (non-hydrogen) atoms. The monoisotopic (exact) mass is 278 g/mol. The molecule has 0 spiro atoms. The maximum Gasteiger partial charge on any atom is 0.266 e. The highest BCUT2D eigenvalue weighted by Gasteiger charge is 2.10. The number of aryl methyl sites for hydroxylation is 1. The molecular formula is C17H14N2O2. The summed E-state index contributed by atoms with van der Waals surface area (Å²) in [5.74, 6) is -0.324. The summed E-state index contributed by atoms with van der Waals surface area (Å²) in [4.78, 5) is 12.1. The zero-order chi connectivity index (χ0) is 15.2. The minimum absolute atomic E-state index is 0.00365. The molecule has 0 aliphatic rings. The maximum atomic E-state index is 12.1. The predicted molar refractivity (Wildman–Crippen MR) is 81.5 cm³/mol. The molecule has 0 aliphatic carbocycles. The molecule has 2 rings (SSSR count). The Morgan fingerprint density at radius 1 is 1.19 bits per heavy atom. The molecule has 0 bridgehead atoms. The molecule has 0 fully saturated rings. The van der Waals surface area contributed by atoms with Crippen molar-refractivity contribution in [2.24, 2.45) is 0 Å². The SMILES string of the molecule is Cc1ccccc1NC(=O)C(C#N)=Cc1ccc(O)cc1. The Morgan fingerprint density at radius 3 is 2.48 bits per heavy atom. The second kappa shape index (κ2) is 6.40. The van der Waals surface area contributed by atoms with Crippen molar-refractivity contribution in [3.8, 4) is 11.8 Å². The van der Waals surface area contributed by atoms with E-state index < -0.39 is 5.91 Å². The average Bonchev–Trinajstić information content (AvgIpc) is 2.49. The molecule has 0 aliphatic heterocycles. The van der Waals surface area contributed by atoms with Gasteiger partial charge in [-0.1, -0.05) is 30.3 Å². The first kappa shape index (κ1) is 14.4. The van der Waals surface area contributed by atoms with Crippen LogP contribution in [0, 0.1) is 18.3 Å². The lowest BCUT2D eigenvalue weighted by Gasteiger charge is -2.07. The topological polar surface area (TPSA) is 73.1 Å². The van der Waals surface area contributed by atoms with E-state index in [0.717, 1.165) is 5.56 Å². The number of carbonyl (C=O) groups excluding carboxylic acids is 1. The highest BCUT2D eigenvalue weighted by Crippen LogP contribution is 2.16. The fraction of sp³-hybridized carbons (Fsp3) is 0.0588. The van der Waals surface area contributed by atoms with Crippen LogP contribution in [0.5, 0.6) is 5.75 Å². The molecule has 104 valence electrons. The molecule has 0 atom stereocenters. The zero-order valence-corrected chi connectivity index (χ0v) is 11.5. The summed E-state index contributed by atoms with van der Waals surface area (Å²) < 4.78 is 0. The summed E-state index contributed by atoms with van der Waals surface area (Å²) >= 11 is 0. The van der Waals surface area contributed by atoms with Crippen molar-refractivity contribution in [3.63, 3.8) is 0 Å². The van der Waals surface area contributed by atoms with Gasteiger partial charge < -0.3 is 10.4 Å². The number of nitrogens with zero attached hydrogens (tertiary/aromatic N) is 1. The van der Waals surface area contributed by atoms with Crippen LogP contribution in [0.15, 0.2) is 54.1 Å². The fourth-order valence-corrected chi connectivity index (χ4v) is 1.79. The van der Waals surface area contributed by atoms with E-state index in [0.29, 0.717) is 11.3 Å². The molecule has 0 heterocycles. The Kier molecular flexibility index (Phi) is 4.37. The lowest BCUT2D eigenvalue weighted by atomic mass is 10.1. The van der Waals surface area contributed by atoms with Crippen LogP contribution >= 0.6 is 0 Å². The summed E-state index contributed by atoms with van der Waals surface area (Å²) in [6.45, 7) is 1.88. The smallest absolute Gasteiger partial charge is 0.266 e. The van der Waals surface area contributed by atoms with E-state index >= 15 is 0 Å². The number of phenols is 1.